The molecule has 27 heavy (non-hydrogen) atoms. The molecule has 2 heterocycles. The minimum Gasteiger partial charge on any atom is -0.497 e. The van der Waals surface area contributed by atoms with Gasteiger partial charge >= 0.3 is 0 Å². The maximum atomic E-state index is 10.8. The second-order valence-electron chi connectivity index (χ2n) is 6.66. The van der Waals surface area contributed by atoms with Crippen LogP contribution in [0.25, 0.3) is 16.6 Å². The van der Waals surface area contributed by atoms with Crippen LogP contribution in [0.5, 0.6) is 5.75 Å². The van der Waals surface area contributed by atoms with E-state index in [9.17, 15) is 4.79 Å². The van der Waals surface area contributed by atoms with Crippen molar-refractivity contribution in [1.82, 2.24) is 14.7 Å². The number of rotatable bonds is 3. The molecule has 1 aliphatic heterocycles. The summed E-state index contributed by atoms with van der Waals surface area (Å²) in [5, 5.41) is 5.44. The van der Waals surface area contributed by atoms with E-state index in [4.69, 9.17) is 16.3 Å². The van der Waals surface area contributed by atoms with Crippen molar-refractivity contribution in [2.24, 2.45) is 0 Å². The SMILES string of the molecule is CN1CCCCC1.COc1cccc(-n2nc(Cl)c3cc(C=O)ccc32)c1. The average molecular weight is 386 g/mol. The number of carbonyl (C=O) groups is 1. The topological polar surface area (TPSA) is 47.4 Å². The number of aldehydes is 1. The summed E-state index contributed by atoms with van der Waals surface area (Å²) in [6.07, 6.45) is 5.07. The van der Waals surface area contributed by atoms with Gasteiger partial charge in [-0.3, -0.25) is 4.79 Å². The number of aromatic nitrogens is 2. The zero-order chi connectivity index (χ0) is 19.2. The third-order valence-electron chi connectivity index (χ3n) is 4.67. The number of methoxy groups -OCH3 is 1. The number of likely N-dealkylation sites (tertiary alicyclic amines) is 1. The second kappa shape index (κ2) is 9.02. The molecule has 1 saturated heterocycles. The Labute approximate surface area is 164 Å². The average Bonchev–Trinajstić information content (AvgIpc) is 3.05. The quantitative estimate of drug-likeness (QED) is 0.618. The number of benzene rings is 2. The minimum atomic E-state index is 0.367. The Kier molecular flexibility index (Phi) is 6.48. The normalized spacial score (nSPS) is 14.5. The van der Waals surface area contributed by atoms with E-state index in [1.165, 1.54) is 32.4 Å². The summed E-state index contributed by atoms with van der Waals surface area (Å²) in [7, 11) is 3.81. The van der Waals surface area contributed by atoms with Crippen LogP contribution in [0.2, 0.25) is 5.15 Å². The largest absolute Gasteiger partial charge is 0.497 e. The van der Waals surface area contributed by atoms with Gasteiger partial charge in [-0.05, 0) is 63.3 Å². The molecule has 0 atom stereocenters. The second-order valence-corrected chi connectivity index (χ2v) is 7.02. The zero-order valence-electron chi connectivity index (χ0n) is 15.7. The molecule has 3 aromatic rings. The van der Waals surface area contributed by atoms with Gasteiger partial charge in [-0.2, -0.15) is 5.10 Å². The van der Waals surface area contributed by atoms with E-state index >= 15 is 0 Å². The molecule has 1 aliphatic rings. The highest BCUT2D eigenvalue weighted by Gasteiger charge is 2.11. The number of halogens is 1. The van der Waals surface area contributed by atoms with Crippen molar-refractivity contribution in [3.05, 3.63) is 53.2 Å². The summed E-state index contributed by atoms with van der Waals surface area (Å²) in [4.78, 5) is 13.2. The summed E-state index contributed by atoms with van der Waals surface area (Å²) in [5.41, 5.74) is 2.26. The van der Waals surface area contributed by atoms with E-state index < -0.39 is 0 Å². The van der Waals surface area contributed by atoms with Crippen molar-refractivity contribution in [2.75, 3.05) is 27.2 Å². The first-order valence-corrected chi connectivity index (χ1v) is 9.46. The lowest BCUT2D eigenvalue weighted by molar-refractivity contribution is 0.112. The highest BCUT2D eigenvalue weighted by Crippen LogP contribution is 2.27. The predicted molar refractivity (Wildman–Crippen MR) is 109 cm³/mol. The maximum absolute atomic E-state index is 10.8. The molecule has 2 aromatic carbocycles. The fourth-order valence-electron chi connectivity index (χ4n) is 3.16. The van der Waals surface area contributed by atoms with Gasteiger partial charge in [-0.15, -0.1) is 0 Å². The van der Waals surface area contributed by atoms with Crippen LogP contribution in [0, 0.1) is 0 Å². The van der Waals surface area contributed by atoms with E-state index in [-0.39, 0.29) is 0 Å². The lowest BCUT2D eigenvalue weighted by Gasteiger charge is -2.20. The van der Waals surface area contributed by atoms with Crippen molar-refractivity contribution < 1.29 is 9.53 Å². The Bertz CT molecular complexity index is 917. The van der Waals surface area contributed by atoms with Crippen LogP contribution < -0.4 is 4.74 Å². The van der Waals surface area contributed by atoms with Gasteiger partial charge in [0.2, 0.25) is 0 Å². The minimum absolute atomic E-state index is 0.367. The van der Waals surface area contributed by atoms with Crippen LogP contribution >= 0.6 is 11.6 Å². The molecular formula is C21H24ClN3O2. The highest BCUT2D eigenvalue weighted by atomic mass is 35.5. The summed E-state index contributed by atoms with van der Waals surface area (Å²) in [6.45, 7) is 2.64. The van der Waals surface area contributed by atoms with Gasteiger partial charge in [-0.1, -0.05) is 24.1 Å². The first-order valence-electron chi connectivity index (χ1n) is 9.09. The molecule has 0 amide bonds. The molecule has 0 spiro atoms. The van der Waals surface area contributed by atoms with Crippen molar-refractivity contribution in [3.8, 4) is 11.4 Å². The molecule has 0 aliphatic carbocycles. The predicted octanol–water partition coefficient (Wildman–Crippen LogP) is 4.60. The number of hydrogen-bond donors (Lipinski definition) is 0. The van der Waals surface area contributed by atoms with Crippen LogP contribution in [0.1, 0.15) is 29.6 Å². The third kappa shape index (κ3) is 4.67. The van der Waals surface area contributed by atoms with Crippen LogP contribution in [0.15, 0.2) is 42.5 Å². The molecule has 5 nitrogen and oxygen atoms in total. The summed E-state index contributed by atoms with van der Waals surface area (Å²) in [5.74, 6) is 0.742. The van der Waals surface area contributed by atoms with Gasteiger partial charge in [0.05, 0.1) is 18.3 Å². The fraction of sp³-hybridized carbons (Fsp3) is 0.333. The van der Waals surface area contributed by atoms with Gasteiger partial charge in [0, 0.05) is 17.0 Å². The Balaban J connectivity index is 0.000000253. The van der Waals surface area contributed by atoms with E-state index in [1.807, 2.05) is 30.3 Å². The summed E-state index contributed by atoms with van der Waals surface area (Å²) in [6, 6.07) is 12.8. The van der Waals surface area contributed by atoms with Crippen LogP contribution in [-0.2, 0) is 0 Å². The number of ether oxygens (including phenoxy) is 1. The molecular weight excluding hydrogens is 362 g/mol. The van der Waals surface area contributed by atoms with E-state index in [0.29, 0.717) is 10.7 Å². The monoisotopic (exact) mass is 385 g/mol. The Morgan fingerprint density at radius 3 is 2.52 bits per heavy atom. The van der Waals surface area contributed by atoms with Gasteiger partial charge in [0.25, 0.3) is 0 Å². The molecule has 142 valence electrons. The summed E-state index contributed by atoms with van der Waals surface area (Å²) >= 11 is 6.15. The van der Waals surface area contributed by atoms with Gasteiger partial charge in [0.15, 0.2) is 5.15 Å². The molecule has 1 aromatic heterocycles. The van der Waals surface area contributed by atoms with E-state index in [1.54, 1.807) is 23.9 Å². The number of hydrogen-bond acceptors (Lipinski definition) is 4. The van der Waals surface area contributed by atoms with Crippen molar-refractivity contribution in [3.63, 3.8) is 0 Å². The van der Waals surface area contributed by atoms with Gasteiger partial charge in [-0.25, -0.2) is 4.68 Å². The Morgan fingerprint density at radius 1 is 1.11 bits per heavy atom. The number of carbonyl (C=O) groups excluding carboxylic acids is 1. The fourth-order valence-corrected chi connectivity index (χ4v) is 3.39. The molecule has 0 saturated carbocycles. The summed E-state index contributed by atoms with van der Waals surface area (Å²) < 4.78 is 6.94. The molecule has 6 heteroatoms. The first kappa shape index (κ1) is 19.4. The Morgan fingerprint density at radius 2 is 1.89 bits per heavy atom. The molecule has 0 N–H and O–H groups in total. The molecule has 1 fully saturated rings. The van der Waals surface area contributed by atoms with Gasteiger partial charge in [0.1, 0.15) is 12.0 Å². The van der Waals surface area contributed by atoms with Crippen LogP contribution in [0.4, 0.5) is 0 Å². The highest BCUT2D eigenvalue weighted by molar-refractivity contribution is 6.34. The Hall–Kier alpha value is -2.37. The standard InChI is InChI=1S/C15H11ClN2O2.C6H13N/c1-20-12-4-2-3-11(8-12)18-14-6-5-10(9-19)7-13(14)15(16)17-18;1-7-5-3-2-4-6-7/h2-9H,1H3;2-6H2,1H3. The molecule has 0 radical (unpaired) electrons. The zero-order valence-corrected chi connectivity index (χ0v) is 16.4. The first-order chi connectivity index (χ1) is 13.1. The van der Waals surface area contributed by atoms with E-state index in [2.05, 4.69) is 17.0 Å². The van der Waals surface area contributed by atoms with E-state index in [0.717, 1.165) is 28.6 Å². The third-order valence-corrected chi connectivity index (χ3v) is 4.95. The molecule has 0 unspecified atom stereocenters. The van der Waals surface area contributed by atoms with Crippen molar-refractivity contribution in [1.29, 1.82) is 0 Å². The number of fused-ring (bicyclic) bond motifs is 1. The maximum Gasteiger partial charge on any atom is 0.159 e. The number of piperidine rings is 1. The van der Waals surface area contributed by atoms with Crippen LogP contribution in [0.3, 0.4) is 0 Å². The lowest BCUT2D eigenvalue weighted by Crippen LogP contribution is -2.24. The van der Waals surface area contributed by atoms with Crippen molar-refractivity contribution in [2.45, 2.75) is 19.3 Å². The van der Waals surface area contributed by atoms with Crippen molar-refractivity contribution >= 4 is 28.8 Å². The van der Waals surface area contributed by atoms with Gasteiger partial charge < -0.3 is 9.64 Å². The molecule has 0 bridgehead atoms. The van der Waals surface area contributed by atoms with Crippen LogP contribution in [-0.4, -0.2) is 48.2 Å². The smallest absolute Gasteiger partial charge is 0.159 e. The molecule has 4 rings (SSSR count). The lowest BCUT2D eigenvalue weighted by atomic mass is 10.1. The number of nitrogens with zero attached hydrogens (tertiary/aromatic N) is 3.